The second-order valence-electron chi connectivity index (χ2n) is 6.62. The maximum Gasteiger partial charge on any atom is 0.243 e. The molecule has 0 aliphatic carbocycles. The highest BCUT2D eigenvalue weighted by Gasteiger charge is 2.41. The van der Waals surface area contributed by atoms with Crippen molar-refractivity contribution in [3.05, 3.63) is 35.4 Å². The zero-order chi connectivity index (χ0) is 20.3. The smallest absolute Gasteiger partial charge is 0.243 e. The molecular weight excluding hydrogens is 426 g/mol. The Labute approximate surface area is 166 Å². The third-order valence-electron chi connectivity index (χ3n) is 4.71. The Morgan fingerprint density at radius 2 is 1.89 bits per heavy atom. The van der Waals surface area contributed by atoms with Crippen molar-refractivity contribution in [2.75, 3.05) is 25.1 Å². The summed E-state index contributed by atoms with van der Waals surface area (Å²) in [7, 11) is -7.09. The van der Waals surface area contributed by atoms with Gasteiger partial charge in [-0.1, -0.05) is 11.6 Å². The van der Waals surface area contributed by atoms with Gasteiger partial charge in [-0.2, -0.15) is 9.40 Å². The molecule has 2 aromatic heterocycles. The van der Waals surface area contributed by atoms with Gasteiger partial charge in [-0.25, -0.2) is 21.8 Å². The molecule has 0 atom stereocenters. The van der Waals surface area contributed by atoms with E-state index in [0.717, 1.165) is 10.6 Å². The van der Waals surface area contributed by atoms with Crippen molar-refractivity contribution in [1.82, 2.24) is 19.5 Å². The molecule has 0 bridgehead atoms. The van der Waals surface area contributed by atoms with Crippen molar-refractivity contribution < 1.29 is 16.8 Å². The molecule has 148 valence electrons. The SMILES string of the molecule is CS(=O)(=O)C1CN(S(=O)(=O)c2ccc(-c3ccc4[nH]nc(N)c4n3)c(Cl)c2)C1. The maximum atomic E-state index is 12.7. The number of anilines is 1. The van der Waals surface area contributed by atoms with Crippen molar-refractivity contribution >= 4 is 48.3 Å². The van der Waals surface area contributed by atoms with Gasteiger partial charge in [0, 0.05) is 24.9 Å². The molecule has 3 N–H and O–H groups in total. The fourth-order valence-corrected chi connectivity index (χ4v) is 5.94. The van der Waals surface area contributed by atoms with Crippen LogP contribution in [0.1, 0.15) is 0 Å². The van der Waals surface area contributed by atoms with Crippen LogP contribution in [0.15, 0.2) is 35.2 Å². The molecule has 0 unspecified atom stereocenters. The first-order valence-electron chi connectivity index (χ1n) is 8.17. The lowest BCUT2D eigenvalue weighted by atomic mass is 10.1. The number of aromatic amines is 1. The van der Waals surface area contributed by atoms with E-state index in [2.05, 4.69) is 15.2 Å². The van der Waals surface area contributed by atoms with Crippen molar-refractivity contribution in [2.45, 2.75) is 10.1 Å². The van der Waals surface area contributed by atoms with E-state index < -0.39 is 25.1 Å². The first-order chi connectivity index (χ1) is 13.1. The standard InChI is InChI=1S/C16H16ClN5O4S2/c1-27(23,24)10-7-22(8-10)28(25,26)9-2-3-11(12(17)6-9)13-4-5-14-15(19-13)16(18)21-20-14/h2-6,10H,7-8H2,1H3,(H3,18,20,21). The minimum atomic E-state index is -3.82. The number of nitrogens with one attached hydrogen (secondary N) is 1. The quantitative estimate of drug-likeness (QED) is 0.621. The minimum absolute atomic E-state index is 0.00268. The van der Waals surface area contributed by atoms with E-state index in [1.165, 1.54) is 12.1 Å². The van der Waals surface area contributed by atoms with Gasteiger partial charge in [0.2, 0.25) is 10.0 Å². The summed E-state index contributed by atoms with van der Waals surface area (Å²) in [5, 5.41) is 6.17. The monoisotopic (exact) mass is 441 g/mol. The summed E-state index contributed by atoms with van der Waals surface area (Å²) in [5.41, 5.74) is 8.01. The molecule has 3 aromatic rings. The average Bonchev–Trinajstić information content (AvgIpc) is 2.92. The molecule has 9 nitrogen and oxygen atoms in total. The summed E-state index contributed by atoms with van der Waals surface area (Å²) in [4.78, 5) is 4.42. The number of benzene rings is 1. The third-order valence-corrected chi connectivity index (χ3v) is 8.36. The van der Waals surface area contributed by atoms with Crippen LogP contribution in [0.5, 0.6) is 0 Å². The lowest BCUT2D eigenvalue weighted by molar-refractivity contribution is 0.310. The van der Waals surface area contributed by atoms with Crippen LogP contribution in [-0.2, 0) is 19.9 Å². The zero-order valence-electron chi connectivity index (χ0n) is 14.6. The maximum absolute atomic E-state index is 12.7. The molecular formula is C16H16ClN5O4S2. The Morgan fingerprint density at radius 3 is 2.54 bits per heavy atom. The van der Waals surface area contributed by atoms with Crippen LogP contribution in [-0.4, -0.2) is 60.9 Å². The van der Waals surface area contributed by atoms with Crippen LogP contribution in [0, 0.1) is 0 Å². The summed E-state index contributed by atoms with van der Waals surface area (Å²) >= 11 is 6.33. The van der Waals surface area contributed by atoms with Crippen molar-refractivity contribution in [2.24, 2.45) is 0 Å². The van der Waals surface area contributed by atoms with E-state index in [-0.39, 0.29) is 28.8 Å². The fourth-order valence-electron chi connectivity index (χ4n) is 2.95. The van der Waals surface area contributed by atoms with Gasteiger partial charge in [0.15, 0.2) is 15.7 Å². The van der Waals surface area contributed by atoms with E-state index in [1.54, 1.807) is 18.2 Å². The number of pyridine rings is 1. The summed E-state index contributed by atoms with van der Waals surface area (Å²) in [6, 6.07) is 7.81. The van der Waals surface area contributed by atoms with Crippen molar-refractivity contribution in [3.63, 3.8) is 0 Å². The summed E-state index contributed by atoms with van der Waals surface area (Å²) < 4.78 is 49.5. The van der Waals surface area contributed by atoms with Gasteiger partial charge in [-0.3, -0.25) is 5.10 Å². The first-order valence-corrected chi connectivity index (χ1v) is 11.9. The van der Waals surface area contributed by atoms with Crippen molar-refractivity contribution in [3.8, 4) is 11.3 Å². The van der Waals surface area contributed by atoms with Gasteiger partial charge in [-0.05, 0) is 30.3 Å². The van der Waals surface area contributed by atoms with E-state index in [4.69, 9.17) is 17.3 Å². The Morgan fingerprint density at radius 1 is 1.18 bits per heavy atom. The van der Waals surface area contributed by atoms with Crippen LogP contribution < -0.4 is 5.73 Å². The Balaban J connectivity index is 1.65. The molecule has 0 spiro atoms. The highest BCUT2D eigenvalue weighted by atomic mass is 35.5. The summed E-state index contributed by atoms with van der Waals surface area (Å²) in [6.45, 7) is -0.114. The van der Waals surface area contributed by atoms with Crippen LogP contribution in [0.2, 0.25) is 5.02 Å². The molecule has 3 heterocycles. The predicted molar refractivity (Wildman–Crippen MR) is 106 cm³/mol. The molecule has 4 rings (SSSR count). The lowest BCUT2D eigenvalue weighted by Gasteiger charge is -2.36. The predicted octanol–water partition coefficient (Wildman–Crippen LogP) is 1.28. The van der Waals surface area contributed by atoms with E-state index in [0.29, 0.717) is 22.3 Å². The average molecular weight is 442 g/mol. The second kappa shape index (κ2) is 6.41. The number of rotatable bonds is 4. The summed E-state index contributed by atoms with van der Waals surface area (Å²) in [5.74, 6) is 0.255. The Bertz CT molecular complexity index is 1300. The van der Waals surface area contributed by atoms with Gasteiger partial charge in [0.1, 0.15) is 5.52 Å². The van der Waals surface area contributed by atoms with E-state index in [9.17, 15) is 16.8 Å². The number of hydrogen-bond acceptors (Lipinski definition) is 7. The van der Waals surface area contributed by atoms with E-state index >= 15 is 0 Å². The fraction of sp³-hybridized carbons (Fsp3) is 0.250. The molecule has 1 aromatic carbocycles. The molecule has 1 aliphatic heterocycles. The molecule has 1 aliphatic rings. The molecule has 0 saturated carbocycles. The molecule has 1 fully saturated rings. The number of H-pyrrole nitrogens is 1. The molecule has 12 heteroatoms. The summed E-state index contributed by atoms with van der Waals surface area (Å²) in [6.07, 6.45) is 1.10. The van der Waals surface area contributed by atoms with Gasteiger partial charge < -0.3 is 5.73 Å². The molecule has 0 radical (unpaired) electrons. The van der Waals surface area contributed by atoms with Crippen molar-refractivity contribution in [1.29, 1.82) is 0 Å². The van der Waals surface area contributed by atoms with Gasteiger partial charge in [0.05, 0.1) is 26.4 Å². The highest BCUT2D eigenvalue weighted by molar-refractivity contribution is 7.92. The second-order valence-corrected chi connectivity index (χ2v) is 11.3. The molecule has 0 amide bonds. The largest absolute Gasteiger partial charge is 0.380 e. The number of sulfone groups is 1. The lowest BCUT2D eigenvalue weighted by Crippen LogP contribution is -2.56. The zero-order valence-corrected chi connectivity index (χ0v) is 17.0. The Hall–Kier alpha value is -2.21. The normalized spacial score (nSPS) is 16.4. The number of nitrogens with zero attached hydrogens (tertiary/aromatic N) is 3. The number of sulfonamides is 1. The molecule has 28 heavy (non-hydrogen) atoms. The highest BCUT2D eigenvalue weighted by Crippen LogP contribution is 2.33. The number of aromatic nitrogens is 3. The van der Waals surface area contributed by atoms with Crippen LogP contribution in [0.3, 0.4) is 0 Å². The number of halogens is 1. The van der Waals surface area contributed by atoms with Gasteiger partial charge >= 0.3 is 0 Å². The topological polar surface area (TPSA) is 139 Å². The number of hydrogen-bond donors (Lipinski definition) is 2. The Kier molecular flexibility index (Phi) is 4.38. The van der Waals surface area contributed by atoms with Crippen LogP contribution in [0.25, 0.3) is 22.3 Å². The van der Waals surface area contributed by atoms with Gasteiger partial charge in [-0.15, -0.1) is 0 Å². The first kappa shape index (κ1) is 19.1. The third kappa shape index (κ3) is 3.13. The minimum Gasteiger partial charge on any atom is -0.380 e. The molecule has 1 saturated heterocycles. The van der Waals surface area contributed by atoms with Crippen LogP contribution in [0.4, 0.5) is 5.82 Å². The van der Waals surface area contributed by atoms with E-state index in [1.807, 2.05) is 0 Å². The number of nitrogen functional groups attached to an aromatic ring is 1. The van der Waals surface area contributed by atoms with Crippen LogP contribution >= 0.6 is 11.6 Å². The number of nitrogens with two attached hydrogens (primary N) is 1. The number of fused-ring (bicyclic) bond motifs is 1. The van der Waals surface area contributed by atoms with Gasteiger partial charge in [0.25, 0.3) is 0 Å².